The maximum absolute atomic E-state index is 13.7. The van der Waals surface area contributed by atoms with Gasteiger partial charge in [0, 0.05) is 11.6 Å². The number of hydrogen-bond donors (Lipinski definition) is 0. The molecule has 0 spiro atoms. The number of likely N-dealkylation sites (tertiary alicyclic amines) is 1. The van der Waals surface area contributed by atoms with Crippen LogP contribution in [0.3, 0.4) is 0 Å². The number of imide groups is 1. The first-order valence-corrected chi connectivity index (χ1v) is 10.8. The fraction of sp³-hybridized carbons (Fsp3) is 0.348. The normalized spacial score (nSPS) is 23.7. The van der Waals surface area contributed by atoms with Crippen LogP contribution in [0.1, 0.15) is 18.1 Å². The lowest BCUT2D eigenvalue weighted by molar-refractivity contribution is -0.152. The highest BCUT2D eigenvalue weighted by Crippen LogP contribution is 2.66. The molecule has 1 heterocycles. The highest BCUT2D eigenvalue weighted by Gasteiger charge is 2.83. The fourth-order valence-electron chi connectivity index (χ4n) is 4.58. The second-order valence-corrected chi connectivity index (χ2v) is 8.43. The van der Waals surface area contributed by atoms with Crippen molar-refractivity contribution in [2.24, 2.45) is 11.8 Å². The van der Waals surface area contributed by atoms with Crippen molar-refractivity contribution in [2.75, 3.05) is 20.8 Å². The number of nitrogens with zero attached hydrogens (tertiary/aromatic N) is 1. The summed E-state index contributed by atoms with van der Waals surface area (Å²) in [5.74, 6) is -2.16. The Labute approximate surface area is 195 Å². The summed E-state index contributed by atoms with van der Waals surface area (Å²) in [5.41, 5.74) is -0.247. The third kappa shape index (κ3) is 3.22. The van der Waals surface area contributed by atoms with Gasteiger partial charge in [-0.3, -0.25) is 19.3 Å². The van der Waals surface area contributed by atoms with E-state index in [1.165, 1.54) is 14.2 Å². The molecule has 2 fully saturated rings. The summed E-state index contributed by atoms with van der Waals surface area (Å²) in [4.78, 5) is 40.8. The molecule has 9 heteroatoms. The molecule has 1 aliphatic heterocycles. The van der Waals surface area contributed by atoms with Gasteiger partial charge in [-0.15, -0.1) is 0 Å². The van der Waals surface area contributed by atoms with Crippen molar-refractivity contribution in [3.8, 4) is 11.5 Å². The van der Waals surface area contributed by atoms with Crippen LogP contribution in [0.25, 0.3) is 0 Å². The average molecular weight is 478 g/mol. The van der Waals surface area contributed by atoms with Gasteiger partial charge in [-0.25, -0.2) is 0 Å². The van der Waals surface area contributed by atoms with E-state index in [2.05, 4.69) is 0 Å². The molecular formula is C23H21Cl2NO6. The Hall–Kier alpha value is -2.77. The Morgan fingerprint density at radius 3 is 2.44 bits per heavy atom. The van der Waals surface area contributed by atoms with Crippen molar-refractivity contribution >= 4 is 41.0 Å². The summed E-state index contributed by atoms with van der Waals surface area (Å²) < 4.78 is 15.8. The summed E-state index contributed by atoms with van der Waals surface area (Å²) in [6.45, 7) is 1.82. The molecular weight excluding hydrogens is 457 g/mol. The first kappa shape index (κ1) is 22.4. The van der Waals surface area contributed by atoms with Gasteiger partial charge < -0.3 is 14.2 Å². The lowest BCUT2D eigenvalue weighted by Gasteiger charge is -2.23. The van der Waals surface area contributed by atoms with E-state index in [1.54, 1.807) is 43.3 Å². The minimum absolute atomic E-state index is 0.0000480. The van der Waals surface area contributed by atoms with Gasteiger partial charge in [-0.05, 0) is 36.8 Å². The van der Waals surface area contributed by atoms with Crippen molar-refractivity contribution in [2.45, 2.75) is 18.9 Å². The number of halogens is 2. The molecule has 0 aromatic heterocycles. The number of fused-ring (bicyclic) bond motifs is 1. The largest absolute Gasteiger partial charge is 0.497 e. The van der Waals surface area contributed by atoms with E-state index in [4.69, 9.17) is 37.4 Å². The summed E-state index contributed by atoms with van der Waals surface area (Å²) in [7, 11) is 3.03. The number of methoxy groups -OCH3 is 2. The molecule has 4 rings (SSSR count). The van der Waals surface area contributed by atoms with Crippen molar-refractivity contribution in [3.05, 3.63) is 57.6 Å². The van der Waals surface area contributed by atoms with Gasteiger partial charge in [0.15, 0.2) is 0 Å². The number of amides is 2. The third-order valence-corrected chi connectivity index (χ3v) is 6.84. The number of benzene rings is 2. The Bertz CT molecular complexity index is 1120. The van der Waals surface area contributed by atoms with E-state index in [-0.39, 0.29) is 18.2 Å². The van der Waals surface area contributed by atoms with E-state index >= 15 is 0 Å². The summed E-state index contributed by atoms with van der Waals surface area (Å²) >= 11 is 12.2. The van der Waals surface area contributed by atoms with Crippen LogP contribution in [0.4, 0.5) is 0 Å². The predicted octanol–water partition coefficient (Wildman–Crippen LogP) is 3.63. The van der Waals surface area contributed by atoms with Gasteiger partial charge in [0.25, 0.3) is 0 Å². The minimum Gasteiger partial charge on any atom is -0.497 e. The van der Waals surface area contributed by atoms with E-state index in [1.807, 2.05) is 0 Å². The molecule has 32 heavy (non-hydrogen) atoms. The van der Waals surface area contributed by atoms with Crippen molar-refractivity contribution < 1.29 is 28.6 Å². The van der Waals surface area contributed by atoms with Crippen LogP contribution in [-0.2, 0) is 31.1 Å². The second-order valence-electron chi connectivity index (χ2n) is 7.61. The molecule has 2 aromatic rings. The van der Waals surface area contributed by atoms with Crippen LogP contribution in [0.2, 0.25) is 10.0 Å². The van der Waals surface area contributed by atoms with Gasteiger partial charge >= 0.3 is 5.97 Å². The average Bonchev–Trinajstić information content (AvgIpc) is 3.44. The first-order valence-electron chi connectivity index (χ1n) is 10.00. The van der Waals surface area contributed by atoms with E-state index < -0.39 is 35.0 Å². The summed E-state index contributed by atoms with van der Waals surface area (Å²) in [5, 5.41) is 0.552. The molecule has 1 saturated heterocycles. The van der Waals surface area contributed by atoms with Gasteiger partial charge in [-0.2, -0.15) is 0 Å². The molecule has 3 atom stereocenters. The van der Waals surface area contributed by atoms with Crippen LogP contribution >= 0.6 is 23.2 Å². The Morgan fingerprint density at radius 1 is 1.06 bits per heavy atom. The zero-order valence-electron chi connectivity index (χ0n) is 17.7. The second kappa shape index (κ2) is 8.30. The van der Waals surface area contributed by atoms with Crippen LogP contribution in [0, 0.1) is 11.8 Å². The fourth-order valence-corrected chi connectivity index (χ4v) is 4.87. The Kier molecular flexibility index (Phi) is 5.81. The number of carbonyl (C=O) groups excluding carboxylic acids is 3. The lowest BCUT2D eigenvalue weighted by atomic mass is 9.91. The maximum Gasteiger partial charge on any atom is 0.311 e. The van der Waals surface area contributed by atoms with Crippen molar-refractivity contribution in [1.29, 1.82) is 0 Å². The highest BCUT2D eigenvalue weighted by atomic mass is 35.5. The zero-order chi connectivity index (χ0) is 23.2. The molecule has 1 aliphatic carbocycles. The van der Waals surface area contributed by atoms with E-state index in [0.29, 0.717) is 27.6 Å². The van der Waals surface area contributed by atoms with Crippen LogP contribution < -0.4 is 9.47 Å². The monoisotopic (exact) mass is 477 g/mol. The number of esters is 1. The zero-order valence-corrected chi connectivity index (χ0v) is 19.2. The van der Waals surface area contributed by atoms with Gasteiger partial charge in [0.2, 0.25) is 11.8 Å². The van der Waals surface area contributed by atoms with Gasteiger partial charge in [0.1, 0.15) is 16.9 Å². The topological polar surface area (TPSA) is 82.1 Å². The Balaban J connectivity index is 1.73. The van der Waals surface area contributed by atoms with Crippen LogP contribution in [-0.4, -0.2) is 43.5 Å². The maximum atomic E-state index is 13.7. The van der Waals surface area contributed by atoms with Gasteiger partial charge in [0.05, 0.1) is 49.3 Å². The summed E-state index contributed by atoms with van der Waals surface area (Å²) in [6.07, 6.45) is 0. The molecule has 2 aromatic carbocycles. The summed E-state index contributed by atoms with van der Waals surface area (Å²) in [6, 6.07) is 9.86. The molecule has 3 unspecified atom stereocenters. The van der Waals surface area contributed by atoms with Crippen molar-refractivity contribution in [3.63, 3.8) is 0 Å². The smallest absolute Gasteiger partial charge is 0.311 e. The number of carbonyl (C=O) groups is 3. The quantitative estimate of drug-likeness (QED) is 0.447. The molecule has 2 aliphatic rings. The van der Waals surface area contributed by atoms with E-state index in [0.717, 1.165) is 4.90 Å². The molecule has 0 bridgehead atoms. The molecule has 1 saturated carbocycles. The van der Waals surface area contributed by atoms with Crippen LogP contribution in [0.15, 0.2) is 36.4 Å². The predicted molar refractivity (Wildman–Crippen MR) is 117 cm³/mol. The van der Waals surface area contributed by atoms with E-state index in [9.17, 15) is 14.4 Å². The molecule has 7 nitrogen and oxygen atoms in total. The van der Waals surface area contributed by atoms with Gasteiger partial charge in [-0.1, -0.05) is 29.3 Å². The lowest BCUT2D eigenvalue weighted by Crippen LogP contribution is -2.40. The Morgan fingerprint density at radius 2 is 1.81 bits per heavy atom. The minimum atomic E-state index is -1.35. The molecule has 0 radical (unpaired) electrons. The number of ether oxygens (including phenoxy) is 3. The number of rotatable bonds is 7. The molecule has 2 amide bonds. The van der Waals surface area contributed by atoms with Crippen molar-refractivity contribution in [1.82, 2.24) is 4.90 Å². The molecule has 0 N–H and O–H groups in total. The number of piperidine rings is 1. The highest BCUT2D eigenvalue weighted by molar-refractivity contribution is 6.42. The molecule has 168 valence electrons. The van der Waals surface area contributed by atoms with Crippen LogP contribution in [0.5, 0.6) is 11.5 Å². The standard InChI is InChI=1S/C23H21Cl2NO6/c1-4-32-21(28)19-18-20(27)26(11-12-5-7-14(30-2)10-17(12)31-3)22(29)23(18,19)13-6-8-15(24)16(25)9-13/h5-10,18-19H,4,11H2,1-3H3. The SMILES string of the molecule is CCOC(=O)C1C2C(=O)N(Cc3ccc(OC)cc3OC)C(=O)C12c1ccc(Cl)c(Cl)c1. The third-order valence-electron chi connectivity index (χ3n) is 6.10. The first-order chi connectivity index (χ1) is 15.3. The number of hydrogen-bond acceptors (Lipinski definition) is 6.